The Labute approximate surface area is 107 Å². The monoisotopic (exact) mass is 258 g/mol. The summed E-state index contributed by atoms with van der Waals surface area (Å²) in [6, 6.07) is 0. The molecule has 0 saturated carbocycles. The van der Waals surface area contributed by atoms with Gasteiger partial charge in [0.25, 0.3) is 0 Å². The minimum atomic E-state index is -0.467. The van der Waals surface area contributed by atoms with Gasteiger partial charge in [0.15, 0.2) is 0 Å². The Kier molecular flexibility index (Phi) is 5.10. The fourth-order valence-corrected chi connectivity index (χ4v) is 1.81. The molecule has 1 heterocycles. The van der Waals surface area contributed by atoms with Gasteiger partial charge in [0.2, 0.25) is 5.91 Å². The van der Waals surface area contributed by atoms with Gasteiger partial charge >= 0.3 is 5.97 Å². The molecule has 0 aromatic heterocycles. The van der Waals surface area contributed by atoms with E-state index >= 15 is 0 Å². The van der Waals surface area contributed by atoms with Crippen molar-refractivity contribution in [3.05, 3.63) is 0 Å². The summed E-state index contributed by atoms with van der Waals surface area (Å²) in [7, 11) is 0. The second-order valence-electron chi connectivity index (χ2n) is 5.40. The number of ether oxygens (including phenoxy) is 1. The van der Waals surface area contributed by atoms with E-state index in [1.165, 1.54) is 0 Å². The average molecular weight is 258 g/mol. The van der Waals surface area contributed by atoms with Gasteiger partial charge in [-0.2, -0.15) is 0 Å². The van der Waals surface area contributed by atoms with Crippen LogP contribution in [0.15, 0.2) is 0 Å². The number of aliphatic hydroxyl groups excluding tert-OH is 1. The predicted molar refractivity (Wildman–Crippen MR) is 66.0 cm³/mol. The van der Waals surface area contributed by atoms with E-state index in [-0.39, 0.29) is 18.4 Å². The summed E-state index contributed by atoms with van der Waals surface area (Å²) in [5.41, 5.74) is -0.467. The molecule has 6 heteroatoms. The van der Waals surface area contributed by atoms with Crippen LogP contribution in [0.3, 0.4) is 0 Å². The quantitative estimate of drug-likeness (QED) is 0.689. The summed E-state index contributed by atoms with van der Waals surface area (Å²) in [6.07, 6.45) is 0. The number of hydrogen-bond donors (Lipinski definition) is 1. The maximum atomic E-state index is 11.6. The van der Waals surface area contributed by atoms with Crippen molar-refractivity contribution in [2.75, 3.05) is 39.3 Å². The highest BCUT2D eigenvalue weighted by molar-refractivity contribution is 5.77. The molecule has 1 N–H and O–H groups in total. The first-order chi connectivity index (χ1) is 8.31. The van der Waals surface area contributed by atoms with Crippen LogP contribution < -0.4 is 0 Å². The van der Waals surface area contributed by atoms with Crippen molar-refractivity contribution in [2.24, 2.45) is 0 Å². The molecule has 0 aromatic rings. The van der Waals surface area contributed by atoms with Gasteiger partial charge in [-0.3, -0.25) is 14.5 Å². The van der Waals surface area contributed by atoms with E-state index in [0.29, 0.717) is 26.2 Å². The van der Waals surface area contributed by atoms with Gasteiger partial charge in [0.05, 0.1) is 6.54 Å². The lowest BCUT2D eigenvalue weighted by Gasteiger charge is -2.34. The largest absolute Gasteiger partial charge is 0.459 e. The van der Waals surface area contributed by atoms with Crippen LogP contribution in [0.1, 0.15) is 20.8 Å². The lowest BCUT2D eigenvalue weighted by molar-refractivity contribution is -0.156. The summed E-state index contributed by atoms with van der Waals surface area (Å²) in [6.45, 7) is 7.65. The fourth-order valence-electron chi connectivity index (χ4n) is 1.81. The Hall–Kier alpha value is -1.14. The number of piperazine rings is 1. The highest BCUT2D eigenvalue weighted by Crippen LogP contribution is 2.08. The molecule has 0 unspecified atom stereocenters. The lowest BCUT2D eigenvalue weighted by Crippen LogP contribution is -2.51. The second kappa shape index (κ2) is 6.15. The Balaban J connectivity index is 2.31. The molecular weight excluding hydrogens is 236 g/mol. The lowest BCUT2D eigenvalue weighted by atomic mass is 10.2. The van der Waals surface area contributed by atoms with E-state index in [1.54, 1.807) is 4.90 Å². The SMILES string of the molecule is CC(C)(C)OC(=O)CN1CCN(C(=O)CO)CC1. The zero-order chi connectivity index (χ0) is 13.8. The number of amides is 1. The fraction of sp³-hybridized carbons (Fsp3) is 0.833. The van der Waals surface area contributed by atoms with Crippen molar-refractivity contribution < 1.29 is 19.4 Å². The smallest absolute Gasteiger partial charge is 0.320 e. The molecule has 0 spiro atoms. The highest BCUT2D eigenvalue weighted by Gasteiger charge is 2.24. The third kappa shape index (κ3) is 5.01. The van der Waals surface area contributed by atoms with E-state index in [4.69, 9.17) is 9.84 Å². The van der Waals surface area contributed by atoms with Crippen LogP contribution in [0.25, 0.3) is 0 Å². The zero-order valence-corrected chi connectivity index (χ0v) is 11.3. The summed E-state index contributed by atoms with van der Waals surface area (Å²) in [5.74, 6) is -0.503. The number of nitrogens with zero attached hydrogens (tertiary/aromatic N) is 2. The molecule has 1 saturated heterocycles. The minimum Gasteiger partial charge on any atom is -0.459 e. The molecule has 1 aliphatic rings. The molecule has 18 heavy (non-hydrogen) atoms. The van der Waals surface area contributed by atoms with E-state index in [0.717, 1.165) is 0 Å². The standard InChI is InChI=1S/C12H22N2O4/c1-12(2,3)18-11(17)8-13-4-6-14(7-5-13)10(16)9-15/h15H,4-9H2,1-3H3. The van der Waals surface area contributed by atoms with Crippen molar-refractivity contribution in [1.82, 2.24) is 9.80 Å². The van der Waals surface area contributed by atoms with Gasteiger partial charge in [-0.15, -0.1) is 0 Å². The third-order valence-corrected chi connectivity index (χ3v) is 2.63. The maximum absolute atomic E-state index is 11.6. The van der Waals surface area contributed by atoms with Crippen LogP contribution in [-0.2, 0) is 14.3 Å². The van der Waals surface area contributed by atoms with Gasteiger partial charge < -0.3 is 14.7 Å². The number of carbonyl (C=O) groups excluding carboxylic acids is 2. The Morgan fingerprint density at radius 1 is 1.17 bits per heavy atom. The molecule has 0 bridgehead atoms. The first-order valence-electron chi connectivity index (χ1n) is 6.14. The molecule has 0 aromatic carbocycles. The van der Waals surface area contributed by atoms with Crippen LogP contribution in [-0.4, -0.2) is 71.7 Å². The number of esters is 1. The van der Waals surface area contributed by atoms with E-state index in [2.05, 4.69) is 0 Å². The first kappa shape index (κ1) is 14.9. The average Bonchev–Trinajstić information content (AvgIpc) is 2.26. The van der Waals surface area contributed by atoms with Gasteiger partial charge in [-0.05, 0) is 20.8 Å². The van der Waals surface area contributed by atoms with Crippen molar-refractivity contribution in [2.45, 2.75) is 26.4 Å². The topological polar surface area (TPSA) is 70.1 Å². The Morgan fingerprint density at radius 2 is 1.72 bits per heavy atom. The van der Waals surface area contributed by atoms with E-state index < -0.39 is 12.2 Å². The molecular formula is C12H22N2O4. The third-order valence-electron chi connectivity index (χ3n) is 2.63. The van der Waals surface area contributed by atoms with Crippen LogP contribution >= 0.6 is 0 Å². The van der Waals surface area contributed by atoms with E-state index in [9.17, 15) is 9.59 Å². The van der Waals surface area contributed by atoms with Gasteiger partial charge in [0.1, 0.15) is 12.2 Å². The summed E-state index contributed by atoms with van der Waals surface area (Å²) in [4.78, 5) is 26.4. The van der Waals surface area contributed by atoms with Crippen LogP contribution in [0, 0.1) is 0 Å². The van der Waals surface area contributed by atoms with E-state index in [1.807, 2.05) is 25.7 Å². The molecule has 0 atom stereocenters. The second-order valence-corrected chi connectivity index (χ2v) is 5.40. The summed E-state index contributed by atoms with van der Waals surface area (Å²) < 4.78 is 5.23. The maximum Gasteiger partial charge on any atom is 0.320 e. The van der Waals surface area contributed by atoms with Crippen molar-refractivity contribution >= 4 is 11.9 Å². The molecule has 0 radical (unpaired) electrons. The molecule has 1 fully saturated rings. The normalized spacial score (nSPS) is 17.7. The number of rotatable bonds is 3. The van der Waals surface area contributed by atoms with Gasteiger partial charge in [-0.1, -0.05) is 0 Å². The number of aliphatic hydroxyl groups is 1. The Bertz CT molecular complexity index is 304. The van der Waals surface area contributed by atoms with Crippen LogP contribution in [0.5, 0.6) is 0 Å². The Morgan fingerprint density at radius 3 is 2.17 bits per heavy atom. The highest BCUT2D eigenvalue weighted by atomic mass is 16.6. The molecule has 0 aliphatic carbocycles. The van der Waals surface area contributed by atoms with Crippen LogP contribution in [0.4, 0.5) is 0 Å². The van der Waals surface area contributed by atoms with Crippen molar-refractivity contribution in [1.29, 1.82) is 0 Å². The van der Waals surface area contributed by atoms with Gasteiger partial charge in [0, 0.05) is 26.2 Å². The zero-order valence-electron chi connectivity index (χ0n) is 11.3. The van der Waals surface area contributed by atoms with Crippen molar-refractivity contribution in [3.8, 4) is 0 Å². The van der Waals surface area contributed by atoms with Crippen molar-refractivity contribution in [3.63, 3.8) is 0 Å². The molecule has 1 rings (SSSR count). The number of carbonyl (C=O) groups is 2. The number of hydrogen-bond acceptors (Lipinski definition) is 5. The summed E-state index contributed by atoms with van der Waals surface area (Å²) in [5, 5.41) is 8.75. The van der Waals surface area contributed by atoms with Gasteiger partial charge in [-0.25, -0.2) is 0 Å². The van der Waals surface area contributed by atoms with Crippen LogP contribution in [0.2, 0.25) is 0 Å². The predicted octanol–water partition coefficient (Wildman–Crippen LogP) is -0.535. The first-order valence-corrected chi connectivity index (χ1v) is 6.14. The molecule has 1 amide bonds. The molecule has 6 nitrogen and oxygen atoms in total. The minimum absolute atomic E-state index is 0.246. The summed E-state index contributed by atoms with van der Waals surface area (Å²) >= 11 is 0. The molecule has 1 aliphatic heterocycles. The molecule has 104 valence electrons.